The Morgan fingerprint density at radius 2 is 1.83 bits per heavy atom. The van der Waals surface area contributed by atoms with E-state index in [2.05, 4.69) is 5.32 Å². The number of amides is 2. The number of rotatable bonds is 6. The number of hydrogen-bond donors (Lipinski definition) is 6. The maximum atomic E-state index is 16.1. The highest BCUT2D eigenvalue weighted by atomic mass is 19.1. The van der Waals surface area contributed by atoms with Crippen LogP contribution in [-0.2, 0) is 32.0 Å². The van der Waals surface area contributed by atoms with Crippen LogP contribution in [0.5, 0.6) is 5.75 Å². The number of aliphatic hydroxyl groups is 3. The number of nitrogens with zero attached hydrogens (tertiary/aromatic N) is 1. The van der Waals surface area contributed by atoms with Crippen LogP contribution in [-0.4, -0.2) is 73.9 Å². The molecule has 220 valence electrons. The van der Waals surface area contributed by atoms with E-state index in [9.17, 15) is 39.6 Å². The number of phenolic OH excluding ortho intramolecular Hbond substituents is 1. The number of ketones is 2. The Labute approximate surface area is 235 Å². The van der Waals surface area contributed by atoms with Crippen LogP contribution in [0.25, 0.3) is 5.76 Å². The number of nitrogens with two attached hydrogens (primary N) is 1. The predicted octanol–water partition coefficient (Wildman–Crippen LogP) is 1.79. The normalized spacial score (nSPS) is 29.2. The molecule has 4 aliphatic rings. The maximum absolute atomic E-state index is 16.1. The number of likely N-dealkylation sites (N-methyl/N-ethyl adjacent to an activating group) is 1. The summed E-state index contributed by atoms with van der Waals surface area (Å²) in [4.78, 5) is 53.7. The number of aliphatic hydroxyl groups excluding tert-OH is 2. The molecule has 0 radical (unpaired) electrons. The average molecular weight is 572 g/mol. The molecule has 0 aromatic heterocycles. The second-order valence-corrected chi connectivity index (χ2v) is 11.5. The minimum Gasteiger partial charge on any atom is -0.508 e. The first-order valence-corrected chi connectivity index (χ1v) is 13.9. The number of nitrogens with one attached hydrogen (secondary N) is 1. The van der Waals surface area contributed by atoms with Gasteiger partial charge < -0.3 is 31.5 Å². The number of benzene rings is 1. The summed E-state index contributed by atoms with van der Waals surface area (Å²) in [5, 5.41) is 47.8. The van der Waals surface area contributed by atoms with Gasteiger partial charge in [-0.2, -0.15) is 0 Å². The van der Waals surface area contributed by atoms with Crippen molar-refractivity contribution in [1.82, 2.24) is 4.90 Å². The van der Waals surface area contributed by atoms with Crippen molar-refractivity contribution in [2.45, 2.75) is 64.0 Å². The largest absolute Gasteiger partial charge is 0.508 e. The van der Waals surface area contributed by atoms with E-state index in [4.69, 9.17) is 5.73 Å². The number of fused-ring (bicyclic) bond motifs is 4. The molecule has 12 heteroatoms. The van der Waals surface area contributed by atoms with Crippen molar-refractivity contribution in [2.75, 3.05) is 18.9 Å². The van der Waals surface area contributed by atoms with E-state index in [-0.39, 0.29) is 59.7 Å². The van der Waals surface area contributed by atoms with Gasteiger partial charge in [-0.05, 0) is 45.2 Å². The Hall–Kier alpha value is -3.77. The number of halogens is 1. The lowest BCUT2D eigenvalue weighted by Gasteiger charge is -2.50. The van der Waals surface area contributed by atoms with Crippen molar-refractivity contribution in [3.05, 3.63) is 39.4 Å². The number of hydrogen-bond acceptors (Lipinski definition) is 9. The van der Waals surface area contributed by atoms with Crippen LogP contribution in [0.1, 0.15) is 56.2 Å². The Morgan fingerprint density at radius 3 is 2.44 bits per heavy atom. The zero-order valence-electron chi connectivity index (χ0n) is 23.1. The van der Waals surface area contributed by atoms with E-state index in [1.807, 2.05) is 6.92 Å². The summed E-state index contributed by atoms with van der Waals surface area (Å²) < 4.78 is 16.1. The molecule has 1 aromatic rings. The molecule has 0 bridgehead atoms. The first-order chi connectivity index (χ1) is 19.3. The molecular weight excluding hydrogens is 537 g/mol. The highest BCUT2D eigenvalue weighted by Crippen LogP contribution is 2.54. The lowest BCUT2D eigenvalue weighted by molar-refractivity contribution is -0.154. The van der Waals surface area contributed by atoms with Gasteiger partial charge in [0.1, 0.15) is 22.9 Å². The van der Waals surface area contributed by atoms with Crippen molar-refractivity contribution in [1.29, 1.82) is 0 Å². The van der Waals surface area contributed by atoms with Crippen LogP contribution < -0.4 is 11.1 Å². The molecule has 5 rings (SSSR count). The van der Waals surface area contributed by atoms with Gasteiger partial charge in [-0.1, -0.05) is 26.7 Å². The molecule has 5 atom stereocenters. The monoisotopic (exact) mass is 571 g/mol. The zero-order chi connectivity index (χ0) is 30.1. The summed E-state index contributed by atoms with van der Waals surface area (Å²) in [5.41, 5.74) is 0.790. The lowest BCUT2D eigenvalue weighted by atomic mass is 9.57. The van der Waals surface area contributed by atoms with Crippen molar-refractivity contribution in [2.24, 2.45) is 23.5 Å². The first-order valence-electron chi connectivity index (χ1n) is 13.9. The lowest BCUT2D eigenvalue weighted by Crippen LogP contribution is -2.66. The topological polar surface area (TPSA) is 190 Å². The third-order valence-electron chi connectivity index (χ3n) is 9.31. The molecule has 1 fully saturated rings. The van der Waals surface area contributed by atoms with Gasteiger partial charge in [0.2, 0.25) is 11.7 Å². The fraction of sp³-hybridized carbons (Fsp3) is 0.517. The average Bonchev–Trinajstić information content (AvgIpc) is 2.92. The molecular formula is C29H34FN3O8. The van der Waals surface area contributed by atoms with Crippen LogP contribution >= 0.6 is 0 Å². The summed E-state index contributed by atoms with van der Waals surface area (Å²) in [7, 11) is 1.56. The third-order valence-corrected chi connectivity index (χ3v) is 9.31. The number of phenols is 1. The van der Waals surface area contributed by atoms with Crippen LogP contribution in [0.15, 0.2) is 16.9 Å². The van der Waals surface area contributed by atoms with Gasteiger partial charge in [-0.25, -0.2) is 4.39 Å². The van der Waals surface area contributed by atoms with Gasteiger partial charge in [-0.3, -0.25) is 24.1 Å². The van der Waals surface area contributed by atoms with Crippen molar-refractivity contribution >= 4 is 34.8 Å². The van der Waals surface area contributed by atoms with Gasteiger partial charge in [0.05, 0.1) is 17.3 Å². The molecule has 1 aliphatic heterocycles. The second kappa shape index (κ2) is 9.95. The van der Waals surface area contributed by atoms with E-state index in [1.54, 1.807) is 14.0 Å². The molecule has 0 spiro atoms. The van der Waals surface area contributed by atoms with E-state index in [1.165, 1.54) is 4.90 Å². The number of primary amides is 1. The zero-order valence-corrected chi connectivity index (χ0v) is 23.1. The summed E-state index contributed by atoms with van der Waals surface area (Å²) in [6.45, 7) is 3.98. The molecule has 2 amide bonds. The van der Waals surface area contributed by atoms with Gasteiger partial charge in [0.15, 0.2) is 17.1 Å². The fourth-order valence-corrected chi connectivity index (χ4v) is 7.08. The minimum absolute atomic E-state index is 0.0451. The molecule has 41 heavy (non-hydrogen) atoms. The standard InChI is InChI=1S/C29H34FN3O8/c1-4-6-7-11-8-14-19(30)13-9-12-10-15-21(33(3)5-2)24(36)18(27(31)39)26(38)29(15,41)25(37)16(12)22(34)17(13)23(35)20(14)32-28(11)40/h11-12,15,21,34-35,38,41H,4-10H2,1-3H3,(H2,31,39)(H,32,40)/t11?,12-,15-,21-,29-/m0/s1. The van der Waals surface area contributed by atoms with Crippen LogP contribution in [0.3, 0.4) is 0 Å². The Morgan fingerprint density at radius 1 is 1.15 bits per heavy atom. The van der Waals surface area contributed by atoms with Crippen LogP contribution in [0.2, 0.25) is 0 Å². The molecule has 1 unspecified atom stereocenters. The molecule has 1 aromatic carbocycles. The van der Waals surface area contributed by atoms with Crippen LogP contribution in [0, 0.1) is 23.6 Å². The SMILES string of the molecule is CCCCC1Cc2c(F)c3c(c(O)c2NC1=O)C(O)=C1C(=O)[C@]2(O)C(O)=C(C(N)=O)C(=O)[C@@H](N(C)CC)[C@@H]2C[C@@H]1C3. The molecule has 1 heterocycles. The van der Waals surface area contributed by atoms with Gasteiger partial charge in [0, 0.05) is 28.5 Å². The summed E-state index contributed by atoms with van der Waals surface area (Å²) in [5.74, 6) is -9.68. The van der Waals surface area contributed by atoms with Crippen molar-refractivity contribution < 1.29 is 44.0 Å². The van der Waals surface area contributed by atoms with Gasteiger partial charge in [-0.15, -0.1) is 0 Å². The van der Waals surface area contributed by atoms with E-state index in [0.29, 0.717) is 6.42 Å². The van der Waals surface area contributed by atoms with Gasteiger partial charge >= 0.3 is 0 Å². The fourth-order valence-electron chi connectivity index (χ4n) is 7.08. The van der Waals surface area contributed by atoms with E-state index >= 15 is 4.39 Å². The van der Waals surface area contributed by atoms with Crippen molar-refractivity contribution in [3.63, 3.8) is 0 Å². The van der Waals surface area contributed by atoms with Crippen molar-refractivity contribution in [3.8, 4) is 5.75 Å². The summed E-state index contributed by atoms with van der Waals surface area (Å²) in [6, 6.07) is -1.21. The third kappa shape index (κ3) is 3.91. The Bertz CT molecular complexity index is 1470. The minimum atomic E-state index is -2.78. The number of Topliss-reactive ketones (excluding diaryl/α,β-unsaturated/α-hetero) is 2. The molecule has 0 saturated heterocycles. The number of carbonyl (C=O) groups is 4. The van der Waals surface area contributed by atoms with E-state index < -0.39 is 75.5 Å². The first kappa shape index (κ1) is 28.7. The highest BCUT2D eigenvalue weighted by molar-refractivity contribution is 6.24. The van der Waals surface area contributed by atoms with Gasteiger partial charge in [0.25, 0.3) is 5.91 Å². The summed E-state index contributed by atoms with van der Waals surface area (Å²) >= 11 is 0. The highest BCUT2D eigenvalue weighted by Gasteiger charge is 2.64. The quantitative estimate of drug-likeness (QED) is 0.218. The molecule has 7 N–H and O–H groups in total. The number of aromatic hydroxyl groups is 1. The Balaban J connectivity index is 1.68. The molecule has 3 aliphatic carbocycles. The maximum Gasteiger partial charge on any atom is 0.255 e. The molecule has 1 saturated carbocycles. The van der Waals surface area contributed by atoms with E-state index in [0.717, 1.165) is 12.8 Å². The number of carbonyl (C=O) groups excluding carboxylic acids is 4. The second-order valence-electron chi connectivity index (χ2n) is 11.5. The molecule has 11 nitrogen and oxygen atoms in total. The number of anilines is 1. The van der Waals surface area contributed by atoms with Crippen LogP contribution in [0.4, 0.5) is 10.1 Å². The summed E-state index contributed by atoms with van der Waals surface area (Å²) in [6.07, 6.45) is 1.92. The number of unbranched alkanes of at least 4 members (excludes halogenated alkanes) is 1. The Kier molecular flexibility index (Phi) is 6.98. The predicted molar refractivity (Wildman–Crippen MR) is 144 cm³/mol. The smallest absolute Gasteiger partial charge is 0.255 e.